The highest BCUT2D eigenvalue weighted by Crippen LogP contribution is 2.22. The highest BCUT2D eigenvalue weighted by molar-refractivity contribution is 9.10. The van der Waals surface area contributed by atoms with Gasteiger partial charge in [-0.2, -0.15) is 0 Å². The highest BCUT2D eigenvalue weighted by Gasteiger charge is 2.13. The van der Waals surface area contributed by atoms with Crippen molar-refractivity contribution < 1.29 is 9.53 Å². The number of esters is 1. The Morgan fingerprint density at radius 3 is 2.65 bits per heavy atom. The van der Waals surface area contributed by atoms with Crippen molar-refractivity contribution in [3.63, 3.8) is 0 Å². The van der Waals surface area contributed by atoms with Crippen molar-refractivity contribution >= 4 is 39.6 Å². The van der Waals surface area contributed by atoms with Crippen LogP contribution in [0, 0.1) is 0 Å². The zero-order chi connectivity index (χ0) is 13.1. The van der Waals surface area contributed by atoms with E-state index in [-0.39, 0.29) is 5.97 Å². The van der Waals surface area contributed by atoms with Gasteiger partial charge < -0.3 is 4.74 Å². The van der Waals surface area contributed by atoms with Gasteiger partial charge in [-0.25, -0.2) is 4.79 Å². The Kier molecular flexibility index (Phi) is 4.78. The molecule has 0 amide bonds. The molecule has 1 aromatic carbocycles. The first kappa shape index (κ1) is 14.3. The molecule has 0 saturated carbocycles. The van der Waals surface area contributed by atoms with E-state index in [1.807, 2.05) is 26.8 Å². The molecule has 0 aliphatic rings. The van der Waals surface area contributed by atoms with Crippen LogP contribution in [-0.4, -0.2) is 11.6 Å². The first-order chi connectivity index (χ1) is 7.78. The maximum atomic E-state index is 11.5. The van der Waals surface area contributed by atoms with Gasteiger partial charge in [-0.1, -0.05) is 27.5 Å². The van der Waals surface area contributed by atoms with Crippen LogP contribution in [0.25, 0.3) is 6.08 Å². The second-order valence-electron chi connectivity index (χ2n) is 4.53. The summed E-state index contributed by atoms with van der Waals surface area (Å²) in [6.07, 6.45) is 3.06. The van der Waals surface area contributed by atoms with Crippen LogP contribution < -0.4 is 0 Å². The minimum Gasteiger partial charge on any atom is -0.457 e. The van der Waals surface area contributed by atoms with Gasteiger partial charge in [-0.05, 0) is 50.6 Å². The smallest absolute Gasteiger partial charge is 0.331 e. The van der Waals surface area contributed by atoms with Crippen molar-refractivity contribution in [1.82, 2.24) is 0 Å². The Balaban J connectivity index is 2.77. The second kappa shape index (κ2) is 5.69. The number of halogens is 2. The second-order valence-corrected chi connectivity index (χ2v) is 5.82. The van der Waals surface area contributed by atoms with Crippen LogP contribution in [-0.2, 0) is 9.53 Å². The lowest BCUT2D eigenvalue weighted by Gasteiger charge is -2.17. The molecular formula is C13H14BrClO2. The number of ether oxygens (including phenoxy) is 1. The van der Waals surface area contributed by atoms with Crippen LogP contribution in [0.2, 0.25) is 5.02 Å². The first-order valence-corrected chi connectivity index (χ1v) is 6.31. The van der Waals surface area contributed by atoms with Crippen LogP contribution in [0.5, 0.6) is 0 Å². The first-order valence-electron chi connectivity index (χ1n) is 5.14. The van der Waals surface area contributed by atoms with Crippen molar-refractivity contribution in [2.24, 2.45) is 0 Å². The molecule has 2 nitrogen and oxygen atoms in total. The van der Waals surface area contributed by atoms with Crippen molar-refractivity contribution in [3.8, 4) is 0 Å². The minimum absolute atomic E-state index is 0.371. The topological polar surface area (TPSA) is 26.3 Å². The molecule has 0 heterocycles. The van der Waals surface area contributed by atoms with E-state index in [1.165, 1.54) is 6.08 Å². The van der Waals surface area contributed by atoms with E-state index < -0.39 is 5.60 Å². The third-order valence-electron chi connectivity index (χ3n) is 1.76. The Labute approximate surface area is 115 Å². The number of benzene rings is 1. The van der Waals surface area contributed by atoms with E-state index >= 15 is 0 Å². The SMILES string of the molecule is CC(C)(C)OC(=O)/C=C/c1cc(Cl)ccc1Br. The monoisotopic (exact) mass is 316 g/mol. The van der Waals surface area contributed by atoms with E-state index in [0.717, 1.165) is 10.0 Å². The molecule has 0 unspecified atom stereocenters. The number of rotatable bonds is 2. The average Bonchev–Trinajstić information content (AvgIpc) is 2.17. The Hall–Kier alpha value is -0.800. The number of hydrogen-bond donors (Lipinski definition) is 0. The summed E-state index contributed by atoms with van der Waals surface area (Å²) in [6.45, 7) is 5.48. The molecule has 0 aromatic heterocycles. The van der Waals surface area contributed by atoms with Gasteiger partial charge in [0.2, 0.25) is 0 Å². The Morgan fingerprint density at radius 2 is 2.06 bits per heavy atom. The predicted octanol–water partition coefficient (Wildman–Crippen LogP) is 4.46. The van der Waals surface area contributed by atoms with Gasteiger partial charge in [0.25, 0.3) is 0 Å². The molecule has 1 aromatic rings. The highest BCUT2D eigenvalue weighted by atomic mass is 79.9. The minimum atomic E-state index is -0.479. The largest absolute Gasteiger partial charge is 0.457 e. The number of carbonyl (C=O) groups excluding carboxylic acids is 1. The Morgan fingerprint density at radius 1 is 1.41 bits per heavy atom. The normalized spacial score (nSPS) is 11.8. The summed E-state index contributed by atoms with van der Waals surface area (Å²) in [5.74, 6) is -0.371. The molecule has 17 heavy (non-hydrogen) atoms. The standard InChI is InChI=1S/C13H14BrClO2/c1-13(2,3)17-12(16)7-4-9-8-10(15)5-6-11(9)14/h4-8H,1-3H3/b7-4+. The zero-order valence-electron chi connectivity index (χ0n) is 9.96. The molecule has 0 fully saturated rings. The fraction of sp³-hybridized carbons (Fsp3) is 0.308. The third kappa shape index (κ3) is 5.37. The summed E-state index contributed by atoms with van der Waals surface area (Å²) in [4.78, 5) is 11.5. The summed E-state index contributed by atoms with van der Waals surface area (Å²) in [6, 6.07) is 5.38. The van der Waals surface area contributed by atoms with E-state index in [4.69, 9.17) is 16.3 Å². The van der Waals surface area contributed by atoms with Crippen LogP contribution >= 0.6 is 27.5 Å². The molecule has 0 radical (unpaired) electrons. The van der Waals surface area contributed by atoms with E-state index in [9.17, 15) is 4.79 Å². The molecule has 4 heteroatoms. The van der Waals surface area contributed by atoms with E-state index in [1.54, 1.807) is 18.2 Å². The van der Waals surface area contributed by atoms with Crippen molar-refractivity contribution in [3.05, 3.63) is 39.3 Å². The van der Waals surface area contributed by atoms with Gasteiger partial charge in [-0.3, -0.25) is 0 Å². The van der Waals surface area contributed by atoms with Crippen LogP contribution in [0.3, 0.4) is 0 Å². The lowest BCUT2D eigenvalue weighted by Crippen LogP contribution is -2.22. The van der Waals surface area contributed by atoms with Crippen molar-refractivity contribution in [2.75, 3.05) is 0 Å². The third-order valence-corrected chi connectivity index (χ3v) is 2.72. The number of hydrogen-bond acceptors (Lipinski definition) is 2. The molecule has 0 saturated heterocycles. The quantitative estimate of drug-likeness (QED) is 0.595. The van der Waals surface area contributed by atoms with Gasteiger partial charge in [0, 0.05) is 15.6 Å². The fourth-order valence-corrected chi connectivity index (χ4v) is 1.70. The van der Waals surface area contributed by atoms with E-state index in [2.05, 4.69) is 15.9 Å². The summed E-state index contributed by atoms with van der Waals surface area (Å²) in [5.41, 5.74) is 0.357. The predicted molar refractivity (Wildman–Crippen MR) is 74.0 cm³/mol. The molecule has 1 rings (SSSR count). The van der Waals surface area contributed by atoms with Crippen LogP contribution in [0.1, 0.15) is 26.3 Å². The molecule has 0 atom stereocenters. The van der Waals surface area contributed by atoms with Gasteiger partial charge in [0.1, 0.15) is 5.60 Å². The molecule has 0 bridgehead atoms. The molecule has 0 aliphatic heterocycles. The molecule has 0 spiro atoms. The molecule has 92 valence electrons. The Bertz CT molecular complexity index is 447. The van der Waals surface area contributed by atoms with Gasteiger partial charge >= 0.3 is 5.97 Å². The average molecular weight is 318 g/mol. The maximum Gasteiger partial charge on any atom is 0.331 e. The lowest BCUT2D eigenvalue weighted by molar-refractivity contribution is -0.148. The maximum absolute atomic E-state index is 11.5. The zero-order valence-corrected chi connectivity index (χ0v) is 12.3. The number of carbonyl (C=O) groups is 1. The van der Waals surface area contributed by atoms with Crippen molar-refractivity contribution in [2.45, 2.75) is 26.4 Å². The van der Waals surface area contributed by atoms with Crippen LogP contribution in [0.15, 0.2) is 28.7 Å². The summed E-state index contributed by atoms with van der Waals surface area (Å²) in [5, 5.41) is 0.622. The molecular weight excluding hydrogens is 303 g/mol. The summed E-state index contributed by atoms with van der Waals surface area (Å²) < 4.78 is 6.03. The van der Waals surface area contributed by atoms with E-state index in [0.29, 0.717) is 5.02 Å². The van der Waals surface area contributed by atoms with Crippen molar-refractivity contribution in [1.29, 1.82) is 0 Å². The summed E-state index contributed by atoms with van der Waals surface area (Å²) in [7, 11) is 0. The molecule has 0 aliphatic carbocycles. The van der Waals surface area contributed by atoms with Gasteiger partial charge in [0.15, 0.2) is 0 Å². The molecule has 0 N–H and O–H groups in total. The summed E-state index contributed by atoms with van der Waals surface area (Å²) >= 11 is 9.25. The fourth-order valence-electron chi connectivity index (χ4n) is 1.14. The van der Waals surface area contributed by atoms with Gasteiger partial charge in [0.05, 0.1) is 0 Å². The van der Waals surface area contributed by atoms with Crippen LogP contribution in [0.4, 0.5) is 0 Å². The van der Waals surface area contributed by atoms with Gasteiger partial charge in [-0.15, -0.1) is 0 Å². The lowest BCUT2D eigenvalue weighted by atomic mass is 10.2.